The molecule has 0 unspecified atom stereocenters. The Morgan fingerprint density at radius 3 is 2.35 bits per heavy atom. The molecule has 4 N–H and O–H groups in total. The number of aliphatic hydroxyl groups excluding tert-OH is 1. The molecule has 0 amide bonds. The van der Waals surface area contributed by atoms with Crippen LogP contribution in [0.5, 0.6) is 0 Å². The van der Waals surface area contributed by atoms with Crippen molar-refractivity contribution < 1.29 is 14.6 Å². The molecule has 7 heteroatoms. The van der Waals surface area contributed by atoms with Gasteiger partial charge in [-0.25, -0.2) is 9.38 Å². The van der Waals surface area contributed by atoms with E-state index in [-0.39, 0.29) is 36.1 Å². The zero-order valence-electron chi connectivity index (χ0n) is 16.0. The lowest BCUT2D eigenvalue weighted by Gasteiger charge is -2.28. The van der Waals surface area contributed by atoms with Gasteiger partial charge in [0.05, 0.1) is 18.8 Å². The summed E-state index contributed by atoms with van der Waals surface area (Å²) < 4.78 is 13.4. The van der Waals surface area contributed by atoms with Gasteiger partial charge in [-0.2, -0.15) is 0 Å². The highest BCUT2D eigenvalue weighted by Crippen LogP contribution is 2.18. The van der Waals surface area contributed by atoms with Crippen molar-refractivity contribution in [3.05, 3.63) is 35.1 Å². The normalized spacial score (nSPS) is 11.8. The number of hydrogen-bond acceptors (Lipinski definition) is 3. The smallest absolute Gasteiger partial charge is 0.191 e. The molecular formula is C19H33FIN3O2. The van der Waals surface area contributed by atoms with Crippen LogP contribution in [0.4, 0.5) is 4.39 Å². The summed E-state index contributed by atoms with van der Waals surface area (Å²) in [4.78, 5) is 4.49. The molecule has 0 saturated heterocycles. The van der Waals surface area contributed by atoms with E-state index < -0.39 is 11.4 Å². The molecule has 0 saturated carbocycles. The second-order valence-electron chi connectivity index (χ2n) is 6.36. The second kappa shape index (κ2) is 13.3. The number of nitrogens with one attached hydrogen (secondary N) is 2. The minimum Gasteiger partial charge on any atom is -0.392 e. The molecule has 0 aromatic heterocycles. The summed E-state index contributed by atoms with van der Waals surface area (Å²) in [6.07, 6.45) is 3.33. The Bertz CT molecular complexity index is 550. The van der Waals surface area contributed by atoms with Crippen molar-refractivity contribution >= 4 is 29.9 Å². The molecule has 0 fully saturated rings. The predicted octanol–water partition coefficient (Wildman–Crippen LogP) is 3.32. The maximum absolute atomic E-state index is 13.4. The zero-order chi connectivity index (χ0) is 18.7. The van der Waals surface area contributed by atoms with E-state index >= 15 is 0 Å². The highest BCUT2D eigenvalue weighted by Gasteiger charge is 2.24. The first-order valence-electron chi connectivity index (χ1n) is 9.10. The lowest BCUT2D eigenvalue weighted by Crippen LogP contribution is -2.47. The standard InChI is InChI=1S/C19H32FN3O2.HI/c1-4-9-19(25,10-5-2)14-23-18(21-6-3)22-12-15-7-8-17(20)16(11-15)13-24;/h7-8,11,24-25H,4-6,9-10,12-14H2,1-3H3,(H2,21,22,23);1H. The molecule has 1 aromatic carbocycles. The third kappa shape index (κ3) is 8.64. The average Bonchev–Trinajstić information content (AvgIpc) is 2.59. The average molecular weight is 481 g/mol. The van der Waals surface area contributed by atoms with Crippen LogP contribution in [0.25, 0.3) is 0 Å². The van der Waals surface area contributed by atoms with Crippen LogP contribution in [0.3, 0.4) is 0 Å². The van der Waals surface area contributed by atoms with Gasteiger partial charge in [-0.05, 0) is 37.5 Å². The quantitative estimate of drug-likeness (QED) is 0.235. The van der Waals surface area contributed by atoms with E-state index in [0.717, 1.165) is 31.2 Å². The number of rotatable bonds is 10. The fourth-order valence-corrected chi connectivity index (χ4v) is 2.84. The van der Waals surface area contributed by atoms with E-state index in [4.69, 9.17) is 5.11 Å². The van der Waals surface area contributed by atoms with E-state index in [2.05, 4.69) is 29.5 Å². The van der Waals surface area contributed by atoms with Crippen LogP contribution in [0.2, 0.25) is 0 Å². The van der Waals surface area contributed by atoms with Crippen molar-refractivity contribution in [3.8, 4) is 0 Å². The molecule has 0 atom stereocenters. The topological polar surface area (TPSA) is 76.9 Å². The Morgan fingerprint density at radius 2 is 1.81 bits per heavy atom. The lowest BCUT2D eigenvalue weighted by atomic mass is 9.93. The molecule has 5 nitrogen and oxygen atoms in total. The highest BCUT2D eigenvalue weighted by molar-refractivity contribution is 14.0. The largest absolute Gasteiger partial charge is 0.392 e. The molecule has 1 aromatic rings. The summed E-state index contributed by atoms with van der Waals surface area (Å²) in [7, 11) is 0. The fraction of sp³-hybridized carbons (Fsp3) is 0.632. The molecule has 0 aliphatic carbocycles. The first kappa shape index (κ1) is 25.1. The summed E-state index contributed by atoms with van der Waals surface area (Å²) in [6.45, 7) is 7.28. The highest BCUT2D eigenvalue weighted by atomic mass is 127. The first-order valence-corrected chi connectivity index (χ1v) is 9.10. The molecule has 0 spiro atoms. The second-order valence-corrected chi connectivity index (χ2v) is 6.36. The van der Waals surface area contributed by atoms with Gasteiger partial charge < -0.3 is 20.8 Å². The molecule has 0 heterocycles. The van der Waals surface area contributed by atoms with Crippen molar-refractivity contribution in [2.75, 3.05) is 13.1 Å². The molecule has 26 heavy (non-hydrogen) atoms. The SMILES string of the molecule is CCCC(O)(CCC)CNC(=NCc1ccc(F)c(CO)c1)NCC.I. The number of hydrogen-bond donors (Lipinski definition) is 4. The van der Waals surface area contributed by atoms with Crippen LogP contribution in [0.15, 0.2) is 23.2 Å². The van der Waals surface area contributed by atoms with Gasteiger partial charge in [0.15, 0.2) is 5.96 Å². The van der Waals surface area contributed by atoms with Crippen LogP contribution >= 0.6 is 24.0 Å². The van der Waals surface area contributed by atoms with Crippen LogP contribution in [0, 0.1) is 5.82 Å². The summed E-state index contributed by atoms with van der Waals surface area (Å²) in [5, 5.41) is 26.2. The third-order valence-electron chi connectivity index (χ3n) is 4.06. The van der Waals surface area contributed by atoms with Crippen molar-refractivity contribution in [2.45, 2.75) is 65.2 Å². The van der Waals surface area contributed by atoms with E-state index in [1.165, 1.54) is 6.07 Å². The van der Waals surface area contributed by atoms with Gasteiger partial charge >= 0.3 is 0 Å². The van der Waals surface area contributed by atoms with E-state index in [9.17, 15) is 9.50 Å². The van der Waals surface area contributed by atoms with Gasteiger partial charge in [0.25, 0.3) is 0 Å². The maximum Gasteiger partial charge on any atom is 0.191 e. The Morgan fingerprint density at radius 1 is 1.15 bits per heavy atom. The number of aliphatic hydroxyl groups is 2. The minimum atomic E-state index is -0.736. The van der Waals surface area contributed by atoms with Crippen LogP contribution in [-0.4, -0.2) is 34.9 Å². The van der Waals surface area contributed by atoms with Crippen molar-refractivity contribution in [2.24, 2.45) is 4.99 Å². The Labute approximate surface area is 173 Å². The number of nitrogens with zero attached hydrogens (tertiary/aromatic N) is 1. The Kier molecular flexibility index (Phi) is 12.8. The van der Waals surface area contributed by atoms with Crippen molar-refractivity contribution in [3.63, 3.8) is 0 Å². The van der Waals surface area contributed by atoms with Crippen LogP contribution < -0.4 is 10.6 Å². The first-order chi connectivity index (χ1) is 12.0. The van der Waals surface area contributed by atoms with Gasteiger partial charge in [-0.1, -0.05) is 32.8 Å². The third-order valence-corrected chi connectivity index (χ3v) is 4.06. The molecule has 0 aliphatic heterocycles. The number of guanidine groups is 1. The number of benzene rings is 1. The lowest BCUT2D eigenvalue weighted by molar-refractivity contribution is 0.0257. The molecule has 0 radical (unpaired) electrons. The summed E-state index contributed by atoms with van der Waals surface area (Å²) in [6, 6.07) is 4.62. The van der Waals surface area contributed by atoms with Crippen molar-refractivity contribution in [1.29, 1.82) is 0 Å². The van der Waals surface area contributed by atoms with Gasteiger partial charge in [-0.15, -0.1) is 24.0 Å². The van der Waals surface area contributed by atoms with Gasteiger partial charge in [0.2, 0.25) is 0 Å². The molecule has 0 aliphatic rings. The number of halogens is 2. The zero-order valence-corrected chi connectivity index (χ0v) is 18.3. The predicted molar refractivity (Wildman–Crippen MR) is 115 cm³/mol. The fourth-order valence-electron chi connectivity index (χ4n) is 2.84. The van der Waals surface area contributed by atoms with Gasteiger partial charge in [-0.3, -0.25) is 0 Å². The molecular weight excluding hydrogens is 448 g/mol. The Balaban J connectivity index is 0.00000625. The van der Waals surface area contributed by atoms with Gasteiger partial charge in [0.1, 0.15) is 5.82 Å². The molecule has 1 rings (SSSR count). The number of aliphatic imine (C=N–C) groups is 1. The molecule has 0 bridgehead atoms. The van der Waals surface area contributed by atoms with E-state index in [1.54, 1.807) is 12.1 Å². The van der Waals surface area contributed by atoms with Crippen LogP contribution in [-0.2, 0) is 13.2 Å². The maximum atomic E-state index is 13.4. The monoisotopic (exact) mass is 481 g/mol. The molecule has 150 valence electrons. The van der Waals surface area contributed by atoms with E-state index in [0.29, 0.717) is 25.6 Å². The van der Waals surface area contributed by atoms with E-state index in [1.807, 2.05) is 6.92 Å². The summed E-state index contributed by atoms with van der Waals surface area (Å²) >= 11 is 0. The van der Waals surface area contributed by atoms with Crippen LogP contribution in [0.1, 0.15) is 57.6 Å². The minimum absolute atomic E-state index is 0. The summed E-state index contributed by atoms with van der Waals surface area (Å²) in [5.74, 6) is 0.201. The van der Waals surface area contributed by atoms with Gasteiger partial charge in [0, 0.05) is 18.7 Å². The Hall–Kier alpha value is -0.930. The van der Waals surface area contributed by atoms with Crippen molar-refractivity contribution in [1.82, 2.24) is 10.6 Å². The summed E-state index contributed by atoms with van der Waals surface area (Å²) in [5.41, 5.74) is 0.352.